The minimum absolute atomic E-state index is 0.0224. The molecule has 1 fully saturated rings. The molecule has 1 saturated heterocycles. The lowest BCUT2D eigenvalue weighted by Crippen LogP contribution is -2.45. The molecule has 1 aliphatic heterocycles. The first kappa shape index (κ1) is 10.5. The number of hydrogen-bond donors (Lipinski definition) is 2. The van der Waals surface area contributed by atoms with Gasteiger partial charge >= 0.3 is 0 Å². The third kappa shape index (κ3) is 2.44. The average Bonchev–Trinajstić information content (AvgIpc) is 2.50. The van der Waals surface area contributed by atoms with Gasteiger partial charge in [-0.05, 0) is 18.3 Å². The van der Waals surface area contributed by atoms with Crippen LogP contribution in [0, 0.1) is 5.41 Å². The predicted octanol–water partition coefficient (Wildman–Crippen LogP) is 0.899. The van der Waals surface area contributed by atoms with E-state index in [1.54, 1.807) is 7.05 Å². The minimum atomic E-state index is 0.0224. The first-order valence-electron chi connectivity index (χ1n) is 4.93. The second-order valence-corrected chi connectivity index (χ2v) is 4.83. The standard InChI is InChI=1S/C10H20N2O/c1-10(2,3)8-6-5-7(12-8)9(13)11-4/h7-8,12H,5-6H2,1-4H3,(H,11,13)/t7-,8?/m0/s1. The molecule has 1 aliphatic rings. The topological polar surface area (TPSA) is 41.1 Å². The lowest BCUT2D eigenvalue weighted by Gasteiger charge is -2.27. The lowest BCUT2D eigenvalue weighted by atomic mass is 9.86. The molecule has 1 unspecified atom stereocenters. The van der Waals surface area contributed by atoms with Crippen LogP contribution in [-0.2, 0) is 4.79 Å². The maximum Gasteiger partial charge on any atom is 0.236 e. The van der Waals surface area contributed by atoms with Crippen LogP contribution in [0.4, 0.5) is 0 Å². The fourth-order valence-electron chi connectivity index (χ4n) is 1.81. The Kier molecular flexibility index (Phi) is 2.96. The molecule has 0 aromatic carbocycles. The number of amides is 1. The van der Waals surface area contributed by atoms with E-state index < -0.39 is 0 Å². The molecule has 76 valence electrons. The highest BCUT2D eigenvalue weighted by atomic mass is 16.2. The van der Waals surface area contributed by atoms with Crippen LogP contribution in [0.25, 0.3) is 0 Å². The van der Waals surface area contributed by atoms with Crippen molar-refractivity contribution < 1.29 is 4.79 Å². The second kappa shape index (κ2) is 3.66. The fraction of sp³-hybridized carbons (Fsp3) is 0.900. The molecule has 2 N–H and O–H groups in total. The summed E-state index contributed by atoms with van der Waals surface area (Å²) >= 11 is 0. The normalized spacial score (nSPS) is 28.9. The summed E-state index contributed by atoms with van der Waals surface area (Å²) in [5.74, 6) is 0.117. The molecule has 0 aromatic heterocycles. The average molecular weight is 184 g/mol. The molecule has 0 radical (unpaired) electrons. The Balaban J connectivity index is 2.50. The van der Waals surface area contributed by atoms with Gasteiger partial charge < -0.3 is 10.6 Å². The molecule has 0 aliphatic carbocycles. The second-order valence-electron chi connectivity index (χ2n) is 4.83. The van der Waals surface area contributed by atoms with Gasteiger partial charge in [0.1, 0.15) is 0 Å². The van der Waals surface area contributed by atoms with Crippen molar-refractivity contribution in [2.45, 2.75) is 45.7 Å². The molecule has 1 amide bonds. The molecule has 0 bridgehead atoms. The van der Waals surface area contributed by atoms with Gasteiger partial charge in [0, 0.05) is 13.1 Å². The van der Waals surface area contributed by atoms with Gasteiger partial charge in [-0.15, -0.1) is 0 Å². The quantitative estimate of drug-likeness (QED) is 0.635. The number of rotatable bonds is 1. The maximum atomic E-state index is 11.3. The smallest absolute Gasteiger partial charge is 0.236 e. The van der Waals surface area contributed by atoms with Gasteiger partial charge in [-0.3, -0.25) is 4.79 Å². The van der Waals surface area contributed by atoms with Crippen molar-refractivity contribution in [1.82, 2.24) is 10.6 Å². The Labute approximate surface area is 80.3 Å². The zero-order chi connectivity index (χ0) is 10.1. The zero-order valence-electron chi connectivity index (χ0n) is 8.98. The van der Waals surface area contributed by atoms with E-state index in [1.807, 2.05) is 0 Å². The van der Waals surface area contributed by atoms with Crippen molar-refractivity contribution in [3.8, 4) is 0 Å². The summed E-state index contributed by atoms with van der Waals surface area (Å²) in [5.41, 5.74) is 0.253. The van der Waals surface area contributed by atoms with Crippen LogP contribution >= 0.6 is 0 Å². The van der Waals surface area contributed by atoms with E-state index in [0.717, 1.165) is 12.8 Å². The van der Waals surface area contributed by atoms with Gasteiger partial charge in [-0.1, -0.05) is 20.8 Å². The first-order valence-corrected chi connectivity index (χ1v) is 4.93. The molecule has 1 heterocycles. The van der Waals surface area contributed by atoms with Crippen LogP contribution < -0.4 is 10.6 Å². The Morgan fingerprint density at radius 2 is 2.00 bits per heavy atom. The summed E-state index contributed by atoms with van der Waals surface area (Å²) in [4.78, 5) is 11.3. The molecule has 1 rings (SSSR count). The van der Waals surface area contributed by atoms with E-state index in [2.05, 4.69) is 31.4 Å². The minimum Gasteiger partial charge on any atom is -0.358 e. The Morgan fingerprint density at radius 1 is 1.38 bits per heavy atom. The largest absolute Gasteiger partial charge is 0.358 e. The molecule has 0 saturated carbocycles. The van der Waals surface area contributed by atoms with Gasteiger partial charge in [0.25, 0.3) is 0 Å². The fourth-order valence-corrected chi connectivity index (χ4v) is 1.81. The highest BCUT2D eigenvalue weighted by Gasteiger charge is 2.34. The predicted molar refractivity (Wildman–Crippen MR) is 53.5 cm³/mol. The molecule has 0 aromatic rings. The zero-order valence-corrected chi connectivity index (χ0v) is 8.98. The van der Waals surface area contributed by atoms with Crippen molar-refractivity contribution in [2.24, 2.45) is 5.41 Å². The SMILES string of the molecule is CNC(=O)[C@@H]1CCC(C(C)(C)C)N1. The highest BCUT2D eigenvalue weighted by Crippen LogP contribution is 2.28. The van der Waals surface area contributed by atoms with Gasteiger partial charge in [-0.25, -0.2) is 0 Å². The molecule has 0 spiro atoms. The van der Waals surface area contributed by atoms with Gasteiger partial charge in [0.15, 0.2) is 0 Å². The summed E-state index contributed by atoms with van der Waals surface area (Å²) in [5, 5.41) is 6.05. The number of carbonyl (C=O) groups is 1. The molecular weight excluding hydrogens is 164 g/mol. The molecule has 3 nitrogen and oxygen atoms in total. The van der Waals surface area contributed by atoms with E-state index in [0.29, 0.717) is 6.04 Å². The summed E-state index contributed by atoms with van der Waals surface area (Å²) in [6, 6.07) is 0.490. The Morgan fingerprint density at radius 3 is 2.38 bits per heavy atom. The van der Waals surface area contributed by atoms with Gasteiger partial charge in [-0.2, -0.15) is 0 Å². The first-order chi connectivity index (χ1) is 5.95. The summed E-state index contributed by atoms with van der Waals surface area (Å²) in [7, 11) is 1.69. The van der Waals surface area contributed by atoms with Gasteiger partial charge in [0.05, 0.1) is 6.04 Å². The van der Waals surface area contributed by atoms with Crippen LogP contribution in [0.1, 0.15) is 33.6 Å². The van der Waals surface area contributed by atoms with E-state index in [9.17, 15) is 4.79 Å². The number of hydrogen-bond acceptors (Lipinski definition) is 2. The van der Waals surface area contributed by atoms with Crippen molar-refractivity contribution in [3.05, 3.63) is 0 Å². The lowest BCUT2D eigenvalue weighted by molar-refractivity contribution is -0.122. The van der Waals surface area contributed by atoms with Crippen LogP contribution in [0.2, 0.25) is 0 Å². The van der Waals surface area contributed by atoms with E-state index in [4.69, 9.17) is 0 Å². The van der Waals surface area contributed by atoms with E-state index >= 15 is 0 Å². The molecule has 3 heteroatoms. The van der Waals surface area contributed by atoms with E-state index in [1.165, 1.54) is 0 Å². The molecule has 2 atom stereocenters. The highest BCUT2D eigenvalue weighted by molar-refractivity contribution is 5.81. The van der Waals surface area contributed by atoms with Crippen LogP contribution in [-0.4, -0.2) is 25.0 Å². The Bertz CT molecular complexity index is 196. The van der Waals surface area contributed by atoms with Gasteiger partial charge in [0.2, 0.25) is 5.91 Å². The van der Waals surface area contributed by atoms with Crippen molar-refractivity contribution in [2.75, 3.05) is 7.05 Å². The number of likely N-dealkylation sites (N-methyl/N-ethyl adjacent to an activating group) is 1. The van der Waals surface area contributed by atoms with Crippen molar-refractivity contribution >= 4 is 5.91 Å². The van der Waals surface area contributed by atoms with Crippen molar-refractivity contribution in [3.63, 3.8) is 0 Å². The van der Waals surface area contributed by atoms with Crippen molar-refractivity contribution in [1.29, 1.82) is 0 Å². The van der Waals surface area contributed by atoms with Crippen LogP contribution in [0.5, 0.6) is 0 Å². The summed E-state index contributed by atoms with van der Waals surface area (Å²) < 4.78 is 0. The third-order valence-corrected chi connectivity index (χ3v) is 2.75. The number of nitrogens with one attached hydrogen (secondary N) is 2. The monoisotopic (exact) mass is 184 g/mol. The Hall–Kier alpha value is -0.570. The third-order valence-electron chi connectivity index (χ3n) is 2.75. The molecule has 13 heavy (non-hydrogen) atoms. The van der Waals surface area contributed by atoms with Crippen LogP contribution in [0.3, 0.4) is 0 Å². The number of carbonyl (C=O) groups excluding carboxylic acids is 1. The molecular formula is C10H20N2O. The summed E-state index contributed by atoms with van der Waals surface area (Å²) in [6.07, 6.45) is 2.06. The maximum absolute atomic E-state index is 11.3. The summed E-state index contributed by atoms with van der Waals surface area (Å²) in [6.45, 7) is 6.62. The van der Waals surface area contributed by atoms with Crippen LogP contribution in [0.15, 0.2) is 0 Å². The van der Waals surface area contributed by atoms with E-state index in [-0.39, 0.29) is 17.4 Å².